The summed E-state index contributed by atoms with van der Waals surface area (Å²) in [6.45, 7) is 1.73. The number of benzene rings is 2. The molecule has 0 aliphatic carbocycles. The normalized spacial score (nSPS) is 12.2. The fraction of sp³-hybridized carbons (Fsp3) is 0.143. The van der Waals surface area contributed by atoms with Crippen molar-refractivity contribution in [2.75, 3.05) is 4.47 Å². The van der Waals surface area contributed by atoms with Crippen molar-refractivity contribution in [3.63, 3.8) is 0 Å². The van der Waals surface area contributed by atoms with Crippen LogP contribution in [0.1, 0.15) is 5.56 Å². The van der Waals surface area contributed by atoms with Gasteiger partial charge in [0, 0.05) is 0 Å². The summed E-state index contributed by atoms with van der Waals surface area (Å²) in [5.74, 6) is 0. The molecule has 0 atom stereocenters. The molecular weight excluding hydrogens is 319 g/mol. The predicted molar refractivity (Wildman–Crippen MR) is 74.4 cm³/mol. The van der Waals surface area contributed by atoms with Gasteiger partial charge in [-0.2, -0.15) is 13.3 Å². The molecule has 0 saturated heterocycles. The molecule has 0 unspecified atom stereocenters. The van der Waals surface area contributed by atoms with Crippen LogP contribution in [0.25, 0.3) is 0 Å². The lowest BCUT2D eigenvalue weighted by Gasteiger charge is -2.24. The van der Waals surface area contributed by atoms with Gasteiger partial charge in [-0.05, 0) is 31.2 Å². The molecule has 0 aliphatic rings. The first-order valence-corrected chi connectivity index (χ1v) is 7.57. The second-order valence-corrected chi connectivity index (χ2v) is 6.17. The van der Waals surface area contributed by atoms with E-state index in [4.69, 9.17) is 0 Å². The number of nitrogens with zero attached hydrogens (tertiary/aromatic N) is 1. The maximum absolute atomic E-state index is 12.6. The van der Waals surface area contributed by atoms with E-state index >= 15 is 0 Å². The second-order valence-electron chi connectivity index (χ2n) is 4.42. The highest BCUT2D eigenvalue weighted by Crippen LogP contribution is 2.29. The molecule has 2 rings (SSSR count). The summed E-state index contributed by atoms with van der Waals surface area (Å²) in [7, 11) is -4.51. The highest BCUT2D eigenvalue weighted by atomic mass is 32.2. The van der Waals surface area contributed by atoms with E-state index in [0.29, 0.717) is 0 Å². The highest BCUT2D eigenvalue weighted by Gasteiger charge is 2.39. The first-order valence-electron chi connectivity index (χ1n) is 6.13. The molecule has 2 aromatic rings. The van der Waals surface area contributed by atoms with Gasteiger partial charge in [-0.1, -0.05) is 35.9 Å². The van der Waals surface area contributed by atoms with Crippen molar-refractivity contribution >= 4 is 15.7 Å². The van der Waals surface area contributed by atoms with E-state index in [1.54, 1.807) is 13.0 Å². The van der Waals surface area contributed by atoms with Crippen LogP contribution in [0.3, 0.4) is 0 Å². The third-order valence-corrected chi connectivity index (χ3v) is 4.28. The molecule has 22 heavy (non-hydrogen) atoms. The number of halogens is 3. The SMILES string of the molecule is Cc1ccc(N(OC(F)(F)F)S(=O)(=O)c2ccccc2)cc1. The summed E-state index contributed by atoms with van der Waals surface area (Å²) in [4.78, 5) is 3.42. The molecule has 2 aromatic carbocycles. The van der Waals surface area contributed by atoms with Crippen LogP contribution < -0.4 is 4.47 Å². The zero-order valence-corrected chi connectivity index (χ0v) is 12.2. The van der Waals surface area contributed by atoms with Crippen LogP contribution in [-0.2, 0) is 14.9 Å². The Kier molecular flexibility index (Phi) is 4.43. The van der Waals surface area contributed by atoms with E-state index in [9.17, 15) is 21.6 Å². The number of hydrogen-bond acceptors (Lipinski definition) is 3. The Balaban J connectivity index is 2.51. The number of alkyl halides is 3. The average Bonchev–Trinajstić information content (AvgIpc) is 2.46. The molecule has 0 bridgehead atoms. The smallest absolute Gasteiger partial charge is 0.199 e. The highest BCUT2D eigenvalue weighted by molar-refractivity contribution is 7.92. The zero-order chi connectivity index (χ0) is 16.4. The van der Waals surface area contributed by atoms with Crippen LogP contribution in [0.4, 0.5) is 18.9 Å². The summed E-state index contributed by atoms with van der Waals surface area (Å²) < 4.78 is 62.4. The lowest BCUT2D eigenvalue weighted by atomic mass is 10.2. The van der Waals surface area contributed by atoms with Crippen molar-refractivity contribution in [2.24, 2.45) is 0 Å². The monoisotopic (exact) mass is 331 g/mol. The van der Waals surface area contributed by atoms with Gasteiger partial charge in [0.05, 0.1) is 10.6 Å². The first-order chi connectivity index (χ1) is 10.2. The Morgan fingerprint density at radius 3 is 2.00 bits per heavy atom. The molecule has 0 radical (unpaired) electrons. The van der Waals surface area contributed by atoms with Crippen LogP contribution in [0.2, 0.25) is 0 Å². The molecule has 0 aromatic heterocycles. The fourth-order valence-electron chi connectivity index (χ4n) is 1.69. The number of sulfonamides is 1. The number of hydrogen-bond donors (Lipinski definition) is 0. The summed E-state index contributed by atoms with van der Waals surface area (Å²) in [5.41, 5.74) is 0.527. The van der Waals surface area contributed by atoms with Crippen molar-refractivity contribution in [2.45, 2.75) is 18.2 Å². The Labute approximate surface area is 125 Å². The molecule has 118 valence electrons. The van der Waals surface area contributed by atoms with Gasteiger partial charge in [-0.15, -0.1) is 17.6 Å². The summed E-state index contributed by atoms with van der Waals surface area (Å²) in [6.07, 6.45) is -5.15. The van der Waals surface area contributed by atoms with Crippen molar-refractivity contribution in [1.82, 2.24) is 0 Å². The molecule has 0 amide bonds. The molecule has 0 heterocycles. The Bertz CT molecular complexity index is 728. The molecule has 8 heteroatoms. The predicted octanol–water partition coefficient (Wildman–Crippen LogP) is 3.64. The maximum Gasteiger partial charge on any atom is 0.544 e. The Morgan fingerprint density at radius 2 is 1.50 bits per heavy atom. The van der Waals surface area contributed by atoms with Gasteiger partial charge in [0.25, 0.3) is 10.0 Å². The van der Waals surface area contributed by atoms with E-state index < -0.39 is 16.4 Å². The third-order valence-electron chi connectivity index (χ3n) is 2.69. The van der Waals surface area contributed by atoms with Crippen LogP contribution in [0.5, 0.6) is 0 Å². The zero-order valence-electron chi connectivity index (χ0n) is 11.4. The molecular formula is C14H12F3NO3S. The Hall–Kier alpha value is -2.06. The number of anilines is 1. The van der Waals surface area contributed by atoms with Crippen molar-refractivity contribution in [1.29, 1.82) is 0 Å². The van der Waals surface area contributed by atoms with Crippen molar-refractivity contribution in [3.8, 4) is 0 Å². The minimum absolute atomic E-state index is 0.123. The van der Waals surface area contributed by atoms with Crippen LogP contribution in [0, 0.1) is 6.92 Å². The lowest BCUT2D eigenvalue weighted by Crippen LogP contribution is -2.36. The molecule has 0 N–H and O–H groups in total. The van der Waals surface area contributed by atoms with E-state index in [1.807, 2.05) is 0 Å². The van der Waals surface area contributed by atoms with Gasteiger partial charge < -0.3 is 0 Å². The van der Waals surface area contributed by atoms with E-state index in [-0.39, 0.29) is 15.1 Å². The van der Waals surface area contributed by atoms with Crippen LogP contribution in [-0.4, -0.2) is 14.8 Å². The Morgan fingerprint density at radius 1 is 0.955 bits per heavy atom. The third kappa shape index (κ3) is 3.77. The summed E-state index contributed by atoms with van der Waals surface area (Å²) in [5, 5.41) is 0. The van der Waals surface area contributed by atoms with Gasteiger partial charge in [0.2, 0.25) is 0 Å². The number of rotatable bonds is 4. The van der Waals surface area contributed by atoms with Gasteiger partial charge in [0.15, 0.2) is 0 Å². The van der Waals surface area contributed by atoms with Crippen molar-refractivity contribution in [3.05, 3.63) is 60.2 Å². The minimum atomic E-state index is -5.15. The van der Waals surface area contributed by atoms with E-state index in [2.05, 4.69) is 4.84 Å². The largest absolute Gasteiger partial charge is 0.544 e. The summed E-state index contributed by atoms with van der Waals surface area (Å²) in [6, 6.07) is 12.2. The van der Waals surface area contributed by atoms with Gasteiger partial charge in [-0.25, -0.2) is 0 Å². The molecule has 0 aliphatic heterocycles. The molecule has 0 spiro atoms. The van der Waals surface area contributed by atoms with Gasteiger partial charge in [-0.3, -0.25) is 0 Å². The second kappa shape index (κ2) is 5.98. The summed E-state index contributed by atoms with van der Waals surface area (Å²) >= 11 is 0. The van der Waals surface area contributed by atoms with Gasteiger partial charge >= 0.3 is 6.36 Å². The molecule has 0 fully saturated rings. The first kappa shape index (κ1) is 16.3. The van der Waals surface area contributed by atoms with E-state index in [0.717, 1.165) is 5.56 Å². The lowest BCUT2D eigenvalue weighted by molar-refractivity contribution is -0.322. The van der Waals surface area contributed by atoms with Crippen molar-refractivity contribution < 1.29 is 26.4 Å². The van der Waals surface area contributed by atoms with Crippen LogP contribution in [0.15, 0.2) is 59.5 Å². The van der Waals surface area contributed by atoms with E-state index in [1.165, 1.54) is 48.5 Å². The number of aryl methyl sites for hydroxylation is 1. The standard InChI is InChI=1S/C14H12F3NO3S/c1-11-7-9-12(10-8-11)18(21-14(15,16)17)22(19,20)13-5-3-2-4-6-13/h2-10H,1H3. The quantitative estimate of drug-likeness (QED) is 0.804. The van der Waals surface area contributed by atoms with Gasteiger partial charge in [0.1, 0.15) is 0 Å². The minimum Gasteiger partial charge on any atom is -0.199 e. The fourth-order valence-corrected chi connectivity index (χ4v) is 2.96. The molecule has 0 saturated carbocycles. The maximum atomic E-state index is 12.6. The average molecular weight is 331 g/mol. The van der Waals surface area contributed by atoms with Crippen LogP contribution >= 0.6 is 0 Å². The topological polar surface area (TPSA) is 46.6 Å². The molecule has 4 nitrogen and oxygen atoms in total.